The summed E-state index contributed by atoms with van der Waals surface area (Å²) in [5.74, 6) is 1.93. The molecule has 0 aromatic heterocycles. The molecule has 0 radical (unpaired) electrons. The number of nitriles is 1. The fourth-order valence-electron chi connectivity index (χ4n) is 3.27. The van der Waals surface area contributed by atoms with Crippen molar-refractivity contribution in [1.29, 1.82) is 5.26 Å². The van der Waals surface area contributed by atoms with Crippen LogP contribution in [-0.4, -0.2) is 5.75 Å². The van der Waals surface area contributed by atoms with E-state index in [1.807, 2.05) is 36.0 Å². The molecule has 0 amide bonds. The van der Waals surface area contributed by atoms with Gasteiger partial charge in [0.25, 0.3) is 0 Å². The topological polar surface area (TPSA) is 23.8 Å². The average Bonchev–Trinajstić information content (AvgIpc) is 3.00. The third-order valence-electron chi connectivity index (χ3n) is 4.48. The van der Waals surface area contributed by atoms with Gasteiger partial charge in [0.2, 0.25) is 0 Å². The highest BCUT2D eigenvalue weighted by molar-refractivity contribution is 7.98. The second-order valence-electron chi connectivity index (χ2n) is 6.03. The van der Waals surface area contributed by atoms with E-state index in [9.17, 15) is 0 Å². The molecule has 2 heteroatoms. The summed E-state index contributed by atoms with van der Waals surface area (Å²) < 4.78 is 0. The van der Waals surface area contributed by atoms with Crippen LogP contribution >= 0.6 is 11.8 Å². The predicted octanol–water partition coefficient (Wildman–Crippen LogP) is 5.90. The van der Waals surface area contributed by atoms with Gasteiger partial charge in [-0.3, -0.25) is 0 Å². The van der Waals surface area contributed by atoms with Gasteiger partial charge in [0.15, 0.2) is 0 Å². The minimum absolute atomic E-state index is 0.718. The van der Waals surface area contributed by atoms with E-state index in [1.54, 1.807) is 0 Å². The van der Waals surface area contributed by atoms with E-state index >= 15 is 0 Å². The molecule has 0 aliphatic heterocycles. The Balaban J connectivity index is 1.51. The minimum atomic E-state index is 0.718. The van der Waals surface area contributed by atoms with E-state index in [0.717, 1.165) is 17.1 Å². The highest BCUT2D eigenvalue weighted by Gasteiger charge is 2.21. The Labute approximate surface area is 152 Å². The van der Waals surface area contributed by atoms with Crippen molar-refractivity contribution in [2.75, 3.05) is 5.75 Å². The van der Waals surface area contributed by atoms with Crippen LogP contribution in [0.15, 0.2) is 78.9 Å². The van der Waals surface area contributed by atoms with Gasteiger partial charge in [-0.05, 0) is 45.5 Å². The molecule has 0 bridgehead atoms. The quantitative estimate of drug-likeness (QED) is 0.432. The first-order chi connectivity index (χ1) is 12.4. The number of thioether (sulfide) groups is 1. The SMILES string of the molecule is N#Cc1ccc(CSCC=C2c3ccccc3-c3ccccc32)cc1. The lowest BCUT2D eigenvalue weighted by Crippen LogP contribution is -1.85. The number of nitrogens with zero attached hydrogens (tertiary/aromatic N) is 1. The van der Waals surface area contributed by atoms with Crippen molar-refractivity contribution in [3.05, 3.63) is 101 Å². The Kier molecular flexibility index (Phi) is 4.41. The molecular weight excluding hydrogens is 322 g/mol. The molecule has 25 heavy (non-hydrogen) atoms. The molecule has 0 saturated carbocycles. The maximum Gasteiger partial charge on any atom is 0.0991 e. The first-order valence-electron chi connectivity index (χ1n) is 8.33. The lowest BCUT2D eigenvalue weighted by Gasteiger charge is -2.04. The Morgan fingerprint density at radius 1 is 0.760 bits per heavy atom. The maximum absolute atomic E-state index is 8.86. The third kappa shape index (κ3) is 3.12. The van der Waals surface area contributed by atoms with Gasteiger partial charge >= 0.3 is 0 Å². The molecule has 1 aliphatic carbocycles. The van der Waals surface area contributed by atoms with Gasteiger partial charge in [0.05, 0.1) is 11.6 Å². The molecule has 0 unspecified atom stereocenters. The van der Waals surface area contributed by atoms with Gasteiger partial charge in [-0.2, -0.15) is 17.0 Å². The largest absolute Gasteiger partial charge is 0.192 e. The van der Waals surface area contributed by atoms with Crippen LogP contribution in [0, 0.1) is 11.3 Å². The number of rotatable bonds is 4. The molecule has 3 aromatic rings. The zero-order valence-corrected chi connectivity index (χ0v) is 14.6. The molecule has 0 heterocycles. The van der Waals surface area contributed by atoms with Crippen molar-refractivity contribution in [2.24, 2.45) is 0 Å². The number of hydrogen-bond donors (Lipinski definition) is 0. The van der Waals surface area contributed by atoms with E-state index < -0.39 is 0 Å². The Morgan fingerprint density at radius 3 is 1.88 bits per heavy atom. The molecule has 0 spiro atoms. The van der Waals surface area contributed by atoms with Crippen LogP contribution in [0.3, 0.4) is 0 Å². The van der Waals surface area contributed by atoms with Crippen molar-refractivity contribution in [1.82, 2.24) is 0 Å². The average molecular weight is 339 g/mol. The van der Waals surface area contributed by atoms with Crippen molar-refractivity contribution in [3.8, 4) is 17.2 Å². The third-order valence-corrected chi connectivity index (χ3v) is 5.42. The fraction of sp³-hybridized carbons (Fsp3) is 0.0870. The smallest absolute Gasteiger partial charge is 0.0991 e. The van der Waals surface area contributed by atoms with Crippen LogP contribution in [0.2, 0.25) is 0 Å². The summed E-state index contributed by atoms with van der Waals surface area (Å²) >= 11 is 1.90. The molecule has 1 nitrogen and oxygen atoms in total. The molecule has 3 aromatic carbocycles. The van der Waals surface area contributed by atoms with Gasteiger partial charge in [-0.1, -0.05) is 66.7 Å². The lowest BCUT2D eigenvalue weighted by molar-refractivity contribution is 1.39. The van der Waals surface area contributed by atoms with Crippen molar-refractivity contribution in [2.45, 2.75) is 5.75 Å². The number of hydrogen-bond acceptors (Lipinski definition) is 2. The van der Waals surface area contributed by atoms with Crippen LogP contribution < -0.4 is 0 Å². The second kappa shape index (κ2) is 7.01. The van der Waals surface area contributed by atoms with Crippen LogP contribution in [0.4, 0.5) is 0 Å². The summed E-state index contributed by atoms with van der Waals surface area (Å²) in [5, 5.41) is 8.86. The summed E-state index contributed by atoms with van der Waals surface area (Å²) in [6.45, 7) is 0. The molecular formula is C23H17NS. The maximum atomic E-state index is 8.86. The van der Waals surface area contributed by atoms with Gasteiger partial charge in [-0.15, -0.1) is 0 Å². The summed E-state index contributed by atoms with van der Waals surface area (Å²) in [4.78, 5) is 0. The van der Waals surface area contributed by atoms with Gasteiger partial charge in [0, 0.05) is 11.5 Å². The lowest BCUT2D eigenvalue weighted by atomic mass is 10.0. The van der Waals surface area contributed by atoms with Crippen molar-refractivity contribution >= 4 is 17.3 Å². The van der Waals surface area contributed by atoms with Crippen molar-refractivity contribution < 1.29 is 0 Å². The molecule has 0 saturated heterocycles. The van der Waals surface area contributed by atoms with E-state index in [1.165, 1.54) is 33.4 Å². The highest BCUT2D eigenvalue weighted by atomic mass is 32.2. The van der Waals surface area contributed by atoms with Gasteiger partial charge in [-0.25, -0.2) is 0 Å². The molecule has 0 N–H and O–H groups in total. The zero-order chi connectivity index (χ0) is 17.1. The first-order valence-corrected chi connectivity index (χ1v) is 9.48. The normalized spacial score (nSPS) is 11.6. The Morgan fingerprint density at radius 2 is 1.32 bits per heavy atom. The first kappa shape index (κ1) is 15.7. The standard InChI is InChI=1S/C23H17NS/c24-15-17-9-11-18(12-10-17)16-25-14-13-23-21-7-3-1-5-19(21)20-6-2-4-8-22(20)23/h1-13H,14,16H2. The van der Waals surface area contributed by atoms with Crippen LogP contribution in [0.5, 0.6) is 0 Å². The molecule has 0 fully saturated rings. The van der Waals surface area contributed by atoms with Gasteiger partial charge < -0.3 is 0 Å². The summed E-state index contributed by atoms with van der Waals surface area (Å²) in [6, 6.07) is 27.3. The zero-order valence-electron chi connectivity index (χ0n) is 13.8. The summed E-state index contributed by atoms with van der Waals surface area (Å²) in [7, 11) is 0. The molecule has 120 valence electrons. The number of fused-ring (bicyclic) bond motifs is 3. The van der Waals surface area contributed by atoms with Crippen LogP contribution in [-0.2, 0) is 5.75 Å². The fourth-order valence-corrected chi connectivity index (χ4v) is 4.10. The second-order valence-corrected chi connectivity index (χ2v) is 7.06. The van der Waals surface area contributed by atoms with E-state index in [0.29, 0.717) is 0 Å². The van der Waals surface area contributed by atoms with Gasteiger partial charge in [0.1, 0.15) is 0 Å². The summed E-state index contributed by atoms with van der Waals surface area (Å²) in [5.41, 5.74) is 8.66. The summed E-state index contributed by atoms with van der Waals surface area (Å²) in [6.07, 6.45) is 2.35. The highest BCUT2D eigenvalue weighted by Crippen LogP contribution is 2.43. The molecule has 0 atom stereocenters. The van der Waals surface area contributed by atoms with E-state index in [-0.39, 0.29) is 0 Å². The predicted molar refractivity (Wildman–Crippen MR) is 106 cm³/mol. The van der Waals surface area contributed by atoms with Crippen LogP contribution in [0.25, 0.3) is 16.7 Å². The molecule has 1 aliphatic rings. The minimum Gasteiger partial charge on any atom is -0.192 e. The van der Waals surface area contributed by atoms with Crippen LogP contribution in [0.1, 0.15) is 22.3 Å². The van der Waals surface area contributed by atoms with E-state index in [4.69, 9.17) is 5.26 Å². The number of benzene rings is 3. The Bertz CT molecular complexity index is 930. The van der Waals surface area contributed by atoms with E-state index in [2.05, 4.69) is 60.7 Å². The monoisotopic (exact) mass is 339 g/mol. The molecule has 4 rings (SSSR count). The Hall–Kier alpha value is -2.76. The van der Waals surface area contributed by atoms with Crippen molar-refractivity contribution in [3.63, 3.8) is 0 Å².